The van der Waals surface area contributed by atoms with Gasteiger partial charge in [0.05, 0.1) is 0 Å². The van der Waals surface area contributed by atoms with Crippen LogP contribution in [0.25, 0.3) is 11.1 Å². The molecule has 0 spiro atoms. The molecule has 4 rings (SSSR count). The molecule has 0 amide bonds. The van der Waals surface area contributed by atoms with Crippen LogP contribution in [0.1, 0.15) is 25.7 Å². The zero-order valence-corrected chi connectivity index (χ0v) is 18.4. The van der Waals surface area contributed by atoms with Gasteiger partial charge in [0.15, 0.2) is 0 Å². The van der Waals surface area contributed by atoms with Gasteiger partial charge in [0.1, 0.15) is 0 Å². The lowest BCUT2D eigenvalue weighted by molar-refractivity contribution is 0.126. The van der Waals surface area contributed by atoms with Crippen molar-refractivity contribution < 1.29 is 0 Å². The molecule has 2 saturated heterocycles. The average Bonchev–Trinajstić information content (AvgIpc) is 2.75. The third-order valence-corrected chi connectivity index (χ3v) is 6.26. The van der Waals surface area contributed by atoms with Gasteiger partial charge in [-0.15, -0.1) is 24.8 Å². The van der Waals surface area contributed by atoms with E-state index in [9.17, 15) is 0 Å². The Hall–Kier alpha value is -1.26. The van der Waals surface area contributed by atoms with Gasteiger partial charge in [-0.2, -0.15) is 0 Å². The number of anilines is 1. The fourth-order valence-corrected chi connectivity index (χ4v) is 4.54. The third kappa shape index (κ3) is 5.42. The van der Waals surface area contributed by atoms with Crippen LogP contribution >= 0.6 is 24.8 Å². The Kier molecular flexibility index (Phi) is 9.10. The van der Waals surface area contributed by atoms with E-state index in [0.29, 0.717) is 0 Å². The summed E-state index contributed by atoms with van der Waals surface area (Å²) in [6.45, 7) is 4.90. The van der Waals surface area contributed by atoms with Gasteiger partial charge < -0.3 is 15.1 Å². The maximum Gasteiger partial charge on any atom is 0.0366 e. The molecule has 2 aliphatic heterocycles. The van der Waals surface area contributed by atoms with Crippen LogP contribution in [0.4, 0.5) is 5.69 Å². The van der Waals surface area contributed by atoms with E-state index in [2.05, 4.69) is 76.8 Å². The molecule has 0 bridgehead atoms. The van der Waals surface area contributed by atoms with Gasteiger partial charge in [0.2, 0.25) is 0 Å². The first kappa shape index (κ1) is 23.0. The van der Waals surface area contributed by atoms with E-state index >= 15 is 0 Å². The van der Waals surface area contributed by atoms with Crippen molar-refractivity contribution in [1.82, 2.24) is 10.2 Å². The molecular weight excluding hydrogens is 389 g/mol. The van der Waals surface area contributed by atoms with Gasteiger partial charge in [0.25, 0.3) is 0 Å². The highest BCUT2D eigenvalue weighted by atomic mass is 35.5. The van der Waals surface area contributed by atoms with Crippen molar-refractivity contribution in [2.45, 2.75) is 37.8 Å². The van der Waals surface area contributed by atoms with Crippen LogP contribution in [0, 0.1) is 0 Å². The average molecular weight is 422 g/mol. The lowest BCUT2D eigenvalue weighted by atomic mass is 9.97. The number of piperidine rings is 2. The predicted octanol–water partition coefficient (Wildman–Crippen LogP) is 4.85. The Balaban J connectivity index is 0.00000140. The molecule has 0 aromatic heterocycles. The number of benzene rings is 2. The Morgan fingerprint density at radius 1 is 0.714 bits per heavy atom. The monoisotopic (exact) mass is 421 g/mol. The molecule has 28 heavy (non-hydrogen) atoms. The van der Waals surface area contributed by atoms with Crippen LogP contribution in [0.3, 0.4) is 0 Å². The SMILES string of the molecule is CNC1CCN(C2CCN(c3ccc(-c4ccccc4)cc3)CC2)CC1.Cl.Cl. The summed E-state index contributed by atoms with van der Waals surface area (Å²) < 4.78 is 0. The van der Waals surface area contributed by atoms with Crippen molar-refractivity contribution in [3.05, 3.63) is 54.6 Å². The van der Waals surface area contributed by atoms with E-state index in [-0.39, 0.29) is 24.8 Å². The topological polar surface area (TPSA) is 18.5 Å². The molecule has 5 heteroatoms. The predicted molar refractivity (Wildman–Crippen MR) is 125 cm³/mol. The second kappa shape index (κ2) is 11.1. The second-order valence-electron chi connectivity index (χ2n) is 7.73. The van der Waals surface area contributed by atoms with Crippen LogP contribution in [-0.4, -0.2) is 50.2 Å². The smallest absolute Gasteiger partial charge is 0.0366 e. The summed E-state index contributed by atoms with van der Waals surface area (Å²) in [6, 6.07) is 21.3. The lowest BCUT2D eigenvalue weighted by Crippen LogP contribution is -2.50. The summed E-state index contributed by atoms with van der Waals surface area (Å²) in [5.41, 5.74) is 3.97. The number of rotatable bonds is 4. The summed E-state index contributed by atoms with van der Waals surface area (Å²) in [7, 11) is 2.10. The minimum Gasteiger partial charge on any atom is -0.371 e. The Morgan fingerprint density at radius 2 is 1.29 bits per heavy atom. The fourth-order valence-electron chi connectivity index (χ4n) is 4.54. The third-order valence-electron chi connectivity index (χ3n) is 6.26. The van der Waals surface area contributed by atoms with Gasteiger partial charge in [-0.25, -0.2) is 0 Å². The molecule has 2 aromatic carbocycles. The molecule has 3 nitrogen and oxygen atoms in total. The summed E-state index contributed by atoms with van der Waals surface area (Å²) in [5, 5.41) is 3.44. The van der Waals surface area contributed by atoms with Gasteiger partial charge >= 0.3 is 0 Å². The molecule has 0 atom stereocenters. The molecule has 1 N–H and O–H groups in total. The highest BCUT2D eigenvalue weighted by molar-refractivity contribution is 5.85. The number of nitrogens with one attached hydrogen (secondary N) is 1. The van der Waals surface area contributed by atoms with E-state index in [1.54, 1.807) is 0 Å². The molecule has 0 saturated carbocycles. The van der Waals surface area contributed by atoms with Crippen LogP contribution in [0.2, 0.25) is 0 Å². The highest BCUT2D eigenvalue weighted by Gasteiger charge is 2.27. The zero-order valence-electron chi connectivity index (χ0n) is 16.7. The van der Waals surface area contributed by atoms with Crippen molar-refractivity contribution in [1.29, 1.82) is 0 Å². The first-order valence-corrected chi connectivity index (χ1v) is 10.2. The molecule has 2 aromatic rings. The molecule has 2 heterocycles. The summed E-state index contributed by atoms with van der Waals surface area (Å²) in [5.74, 6) is 0. The van der Waals surface area contributed by atoms with Gasteiger partial charge in [-0.1, -0.05) is 42.5 Å². The minimum absolute atomic E-state index is 0. The number of hydrogen-bond acceptors (Lipinski definition) is 3. The normalized spacial score (nSPS) is 19.0. The van der Waals surface area contributed by atoms with Gasteiger partial charge in [-0.3, -0.25) is 0 Å². The lowest BCUT2D eigenvalue weighted by Gasteiger charge is -2.42. The van der Waals surface area contributed by atoms with Crippen LogP contribution in [-0.2, 0) is 0 Å². The second-order valence-corrected chi connectivity index (χ2v) is 7.73. The van der Waals surface area contributed by atoms with E-state index in [1.807, 2.05) is 0 Å². The highest BCUT2D eigenvalue weighted by Crippen LogP contribution is 2.27. The summed E-state index contributed by atoms with van der Waals surface area (Å²) in [4.78, 5) is 5.30. The van der Waals surface area contributed by atoms with Crippen LogP contribution < -0.4 is 10.2 Å². The van der Waals surface area contributed by atoms with Gasteiger partial charge in [0, 0.05) is 30.9 Å². The number of likely N-dealkylation sites (tertiary alicyclic amines) is 1. The fraction of sp³-hybridized carbons (Fsp3) is 0.478. The van der Waals surface area contributed by atoms with Crippen molar-refractivity contribution >= 4 is 30.5 Å². The Labute approximate surface area is 182 Å². The van der Waals surface area contributed by atoms with Crippen molar-refractivity contribution in [3.63, 3.8) is 0 Å². The molecule has 0 unspecified atom stereocenters. The number of nitrogens with zero attached hydrogens (tertiary/aromatic N) is 2. The molecule has 2 fully saturated rings. The van der Waals surface area contributed by atoms with Crippen molar-refractivity contribution in [2.75, 3.05) is 38.1 Å². The molecular formula is C23H33Cl2N3. The largest absolute Gasteiger partial charge is 0.371 e. The standard InChI is InChI=1S/C23H31N3.2ClH/c1-24-21-11-15-25(16-12-21)23-13-17-26(18-14-23)22-9-7-20(8-10-22)19-5-3-2-4-6-19;;/h2-10,21,23-24H,11-18H2,1H3;2*1H. The van der Waals surface area contributed by atoms with Crippen LogP contribution in [0.15, 0.2) is 54.6 Å². The number of hydrogen-bond donors (Lipinski definition) is 1. The maximum atomic E-state index is 3.44. The molecule has 0 radical (unpaired) electrons. The van der Waals surface area contributed by atoms with Crippen molar-refractivity contribution in [3.8, 4) is 11.1 Å². The minimum atomic E-state index is 0. The molecule has 2 aliphatic rings. The van der Waals surface area contributed by atoms with Crippen LogP contribution in [0.5, 0.6) is 0 Å². The first-order chi connectivity index (χ1) is 12.8. The van der Waals surface area contributed by atoms with E-state index < -0.39 is 0 Å². The van der Waals surface area contributed by atoms with E-state index in [0.717, 1.165) is 12.1 Å². The maximum absolute atomic E-state index is 3.44. The summed E-state index contributed by atoms with van der Waals surface area (Å²) in [6.07, 6.45) is 5.20. The van der Waals surface area contributed by atoms with E-state index in [1.165, 1.54) is 68.7 Å². The quantitative estimate of drug-likeness (QED) is 0.760. The molecule has 154 valence electrons. The summed E-state index contributed by atoms with van der Waals surface area (Å²) >= 11 is 0. The number of halogens is 2. The van der Waals surface area contributed by atoms with Crippen molar-refractivity contribution in [2.24, 2.45) is 0 Å². The van der Waals surface area contributed by atoms with Gasteiger partial charge in [-0.05, 0) is 69.1 Å². The molecule has 0 aliphatic carbocycles. The Bertz CT molecular complexity index is 677. The Morgan fingerprint density at radius 3 is 1.86 bits per heavy atom. The first-order valence-electron chi connectivity index (χ1n) is 10.2. The van der Waals surface area contributed by atoms with E-state index in [4.69, 9.17) is 0 Å². The zero-order chi connectivity index (χ0) is 17.8.